The zero-order valence-corrected chi connectivity index (χ0v) is 12.6. The minimum Gasteiger partial charge on any atom is -0.433 e. The van der Waals surface area contributed by atoms with Crippen LogP contribution in [0.2, 0.25) is 0 Å². The Morgan fingerprint density at radius 3 is 2.21 bits per heavy atom. The van der Waals surface area contributed by atoms with Crippen molar-refractivity contribution in [1.82, 2.24) is 8.01 Å². The summed E-state index contributed by atoms with van der Waals surface area (Å²) in [6.45, 7) is 7.09. The third-order valence-corrected chi connectivity index (χ3v) is 3.00. The summed E-state index contributed by atoms with van der Waals surface area (Å²) in [7, 11) is 0. The van der Waals surface area contributed by atoms with Gasteiger partial charge in [-0.15, -0.1) is 0 Å². The van der Waals surface area contributed by atoms with Crippen molar-refractivity contribution in [3.63, 3.8) is 0 Å². The average Bonchev–Trinajstić information content (AvgIpc) is 2.02. The molecule has 0 atom stereocenters. The molecule has 82 valence electrons. The maximum absolute atomic E-state index is 11.6. The van der Waals surface area contributed by atoms with Crippen LogP contribution in [-0.2, 0) is 4.74 Å². The molecule has 1 fully saturated rings. The van der Waals surface area contributed by atoms with E-state index in [0.717, 1.165) is 26.2 Å². The third-order valence-electron chi connectivity index (χ3n) is 1.81. The number of carbonyl (C=O) groups is 1. The summed E-state index contributed by atoms with van der Waals surface area (Å²) in [6, 6.07) is 0. The van der Waals surface area contributed by atoms with Crippen molar-refractivity contribution in [2.24, 2.45) is 0 Å². The van der Waals surface area contributed by atoms with Crippen molar-refractivity contribution in [2.75, 3.05) is 26.2 Å². The number of ether oxygens (including phenoxy) is 1. The molecule has 0 radical (unpaired) electrons. The van der Waals surface area contributed by atoms with Gasteiger partial charge in [0.25, 0.3) is 0 Å². The Labute approximate surface area is 112 Å². The summed E-state index contributed by atoms with van der Waals surface area (Å²) in [6.07, 6.45) is -0.200. The second-order valence-electron chi connectivity index (χ2n) is 3.63. The molecule has 0 aromatic rings. The largest absolute Gasteiger partial charge is 0.433 e. The highest BCUT2D eigenvalue weighted by molar-refractivity contribution is 14.1. The van der Waals surface area contributed by atoms with Crippen LogP contribution in [0.1, 0.15) is 13.8 Å². The fourth-order valence-corrected chi connectivity index (χ4v) is 1.76. The monoisotopic (exact) mass is 424 g/mol. The SMILES string of the molecule is CC(C)(I)OC(=O)N1CCN(I)CC1. The van der Waals surface area contributed by atoms with Crippen LogP contribution in [0.15, 0.2) is 0 Å². The lowest BCUT2D eigenvalue weighted by atomic mass is 10.4. The predicted molar refractivity (Wildman–Crippen MR) is 71.7 cm³/mol. The summed E-state index contributed by atoms with van der Waals surface area (Å²) in [5, 5.41) is 0. The maximum Gasteiger partial charge on any atom is 0.411 e. The van der Waals surface area contributed by atoms with Crippen molar-refractivity contribution < 1.29 is 9.53 Å². The van der Waals surface area contributed by atoms with Gasteiger partial charge in [0.1, 0.15) is 0 Å². The second-order valence-corrected chi connectivity index (χ2v) is 7.59. The number of piperazine rings is 1. The van der Waals surface area contributed by atoms with Gasteiger partial charge in [0.2, 0.25) is 0 Å². The van der Waals surface area contributed by atoms with E-state index in [0.29, 0.717) is 0 Å². The smallest absolute Gasteiger partial charge is 0.411 e. The van der Waals surface area contributed by atoms with Crippen molar-refractivity contribution in [1.29, 1.82) is 0 Å². The van der Waals surface area contributed by atoms with Gasteiger partial charge in [-0.3, -0.25) is 0 Å². The van der Waals surface area contributed by atoms with Gasteiger partial charge in [0.05, 0.1) is 0 Å². The van der Waals surface area contributed by atoms with Crippen molar-refractivity contribution in [3.8, 4) is 0 Å². The maximum atomic E-state index is 11.6. The number of hydrogen-bond donors (Lipinski definition) is 0. The van der Waals surface area contributed by atoms with E-state index in [4.69, 9.17) is 4.74 Å². The number of hydrogen-bond acceptors (Lipinski definition) is 3. The molecule has 1 saturated heterocycles. The Morgan fingerprint density at radius 1 is 1.29 bits per heavy atom. The van der Waals surface area contributed by atoms with E-state index < -0.39 is 3.61 Å². The molecule has 14 heavy (non-hydrogen) atoms. The number of carbonyl (C=O) groups excluding carboxylic acids is 1. The van der Waals surface area contributed by atoms with E-state index in [9.17, 15) is 4.79 Å². The van der Waals surface area contributed by atoms with E-state index in [-0.39, 0.29) is 6.09 Å². The minimum absolute atomic E-state index is 0.200. The number of halogens is 2. The second kappa shape index (κ2) is 5.15. The van der Waals surface area contributed by atoms with Gasteiger partial charge in [-0.25, -0.2) is 7.91 Å². The van der Waals surface area contributed by atoms with Crippen LogP contribution in [0, 0.1) is 0 Å². The van der Waals surface area contributed by atoms with Gasteiger partial charge in [0.15, 0.2) is 3.61 Å². The molecular formula is C8H14I2N2O2. The van der Waals surface area contributed by atoms with E-state index in [1.54, 1.807) is 4.90 Å². The molecule has 1 heterocycles. The molecule has 1 rings (SSSR count). The van der Waals surface area contributed by atoms with Gasteiger partial charge in [-0.05, 0) is 36.4 Å². The van der Waals surface area contributed by atoms with Crippen LogP contribution in [0.5, 0.6) is 0 Å². The summed E-state index contributed by atoms with van der Waals surface area (Å²) in [4.78, 5) is 13.4. The summed E-state index contributed by atoms with van der Waals surface area (Å²) in [5.41, 5.74) is 0. The summed E-state index contributed by atoms with van der Waals surface area (Å²) in [5.74, 6) is 0. The van der Waals surface area contributed by atoms with E-state index in [1.807, 2.05) is 13.8 Å². The molecule has 0 saturated carbocycles. The summed E-state index contributed by atoms with van der Waals surface area (Å²) < 4.78 is 7.02. The molecule has 6 heteroatoms. The first-order chi connectivity index (χ1) is 6.38. The van der Waals surface area contributed by atoms with E-state index in [2.05, 4.69) is 48.6 Å². The first-order valence-electron chi connectivity index (χ1n) is 4.46. The highest BCUT2D eigenvalue weighted by Crippen LogP contribution is 2.20. The Kier molecular flexibility index (Phi) is 4.69. The Balaban J connectivity index is 2.38. The van der Waals surface area contributed by atoms with Crippen LogP contribution >= 0.6 is 45.5 Å². The zero-order valence-electron chi connectivity index (χ0n) is 8.30. The van der Waals surface area contributed by atoms with Gasteiger partial charge >= 0.3 is 6.09 Å². The lowest BCUT2D eigenvalue weighted by Crippen LogP contribution is -2.46. The van der Waals surface area contributed by atoms with Crippen molar-refractivity contribution >= 4 is 51.5 Å². The lowest BCUT2D eigenvalue weighted by molar-refractivity contribution is 0.0623. The van der Waals surface area contributed by atoms with E-state index >= 15 is 0 Å². The van der Waals surface area contributed by atoms with Crippen LogP contribution in [0.3, 0.4) is 0 Å². The van der Waals surface area contributed by atoms with Gasteiger partial charge in [-0.1, -0.05) is 0 Å². The quantitative estimate of drug-likeness (QED) is 0.368. The normalized spacial score (nSPS) is 19.6. The molecule has 1 aliphatic heterocycles. The lowest BCUT2D eigenvalue weighted by Gasteiger charge is -2.32. The molecule has 0 N–H and O–H groups in total. The van der Waals surface area contributed by atoms with Crippen LogP contribution < -0.4 is 0 Å². The Bertz CT molecular complexity index is 210. The zero-order chi connectivity index (χ0) is 10.8. The van der Waals surface area contributed by atoms with Crippen molar-refractivity contribution in [2.45, 2.75) is 17.5 Å². The van der Waals surface area contributed by atoms with Crippen LogP contribution in [0.4, 0.5) is 4.79 Å². The van der Waals surface area contributed by atoms with Gasteiger partial charge < -0.3 is 9.64 Å². The van der Waals surface area contributed by atoms with Crippen LogP contribution in [0.25, 0.3) is 0 Å². The highest BCUT2D eigenvalue weighted by Gasteiger charge is 2.25. The fraction of sp³-hybridized carbons (Fsp3) is 0.875. The molecule has 0 aromatic carbocycles. The topological polar surface area (TPSA) is 32.8 Å². The summed E-state index contributed by atoms with van der Waals surface area (Å²) >= 11 is 4.38. The predicted octanol–water partition coefficient (Wildman–Crippen LogP) is 2.26. The van der Waals surface area contributed by atoms with Crippen molar-refractivity contribution in [3.05, 3.63) is 0 Å². The molecule has 0 bridgehead atoms. The van der Waals surface area contributed by atoms with E-state index in [1.165, 1.54) is 0 Å². The Hall–Kier alpha value is 0.690. The molecule has 1 amide bonds. The molecule has 0 spiro atoms. The first kappa shape index (κ1) is 12.8. The molecule has 0 aromatic heterocycles. The van der Waals surface area contributed by atoms with Gasteiger partial charge in [-0.2, -0.15) is 0 Å². The van der Waals surface area contributed by atoms with Gasteiger partial charge in [0, 0.05) is 49.0 Å². The third kappa shape index (κ3) is 4.47. The molecular weight excluding hydrogens is 410 g/mol. The number of rotatable bonds is 1. The number of alkyl halides is 1. The first-order valence-corrected chi connectivity index (χ1v) is 6.50. The Morgan fingerprint density at radius 2 is 1.79 bits per heavy atom. The number of amides is 1. The highest BCUT2D eigenvalue weighted by atomic mass is 127. The molecule has 1 aliphatic rings. The minimum atomic E-state index is -0.420. The fourth-order valence-electron chi connectivity index (χ4n) is 1.14. The molecule has 4 nitrogen and oxygen atoms in total. The molecule has 0 unspecified atom stereocenters. The van der Waals surface area contributed by atoms with Crippen LogP contribution in [-0.4, -0.2) is 43.9 Å². The number of nitrogens with zero attached hydrogens (tertiary/aromatic N) is 2. The standard InChI is InChI=1S/C8H14I2N2O2/c1-8(2,9)14-7(13)11-3-5-12(10)6-4-11/h3-6H2,1-2H3. The molecule has 0 aliphatic carbocycles. The average molecular weight is 424 g/mol.